The molecule has 5 nitrogen and oxygen atoms in total. The van der Waals surface area contributed by atoms with E-state index in [1.165, 1.54) is 27.5 Å². The third-order valence-electron chi connectivity index (χ3n) is 6.83. The topological polar surface area (TPSA) is 67.8 Å². The molecule has 2 unspecified atom stereocenters. The van der Waals surface area contributed by atoms with E-state index in [2.05, 4.69) is 59.9 Å². The lowest BCUT2D eigenvalue weighted by molar-refractivity contribution is -0.139. The van der Waals surface area contributed by atoms with Crippen molar-refractivity contribution in [1.29, 1.82) is 0 Å². The Morgan fingerprint density at radius 3 is 2.51 bits per heavy atom. The molecule has 6 heteroatoms. The van der Waals surface area contributed by atoms with Crippen LogP contribution in [0.2, 0.25) is 0 Å². The predicted molar refractivity (Wildman–Crippen MR) is 149 cm³/mol. The average Bonchev–Trinajstić information content (AvgIpc) is 2.91. The lowest BCUT2D eigenvalue weighted by Crippen LogP contribution is -2.30. The molecule has 2 atom stereocenters. The number of carboxylic acid groups (broad SMARTS) is 1. The van der Waals surface area contributed by atoms with Gasteiger partial charge < -0.3 is 19.9 Å². The summed E-state index contributed by atoms with van der Waals surface area (Å²) in [5.74, 6) is 0.754. The fourth-order valence-electron chi connectivity index (χ4n) is 5.05. The summed E-state index contributed by atoms with van der Waals surface area (Å²) in [6, 6.07) is 31.1. The summed E-state index contributed by atoms with van der Waals surface area (Å²) in [4.78, 5) is 10.8. The molecule has 0 amide bonds. The van der Waals surface area contributed by atoms with Crippen LogP contribution in [0, 0.1) is 0 Å². The van der Waals surface area contributed by atoms with Gasteiger partial charge in [-0.2, -0.15) is 0 Å². The maximum Gasteiger partial charge on any atom is 0.341 e. The molecule has 4 aromatic rings. The summed E-state index contributed by atoms with van der Waals surface area (Å²) >= 11 is 0. The molecule has 0 saturated carbocycles. The Labute approximate surface area is 223 Å². The van der Waals surface area contributed by atoms with E-state index in [4.69, 9.17) is 14.6 Å². The number of carbonyl (C=O) groups is 1. The molecule has 2 N–H and O–H groups in total. The summed E-state index contributed by atoms with van der Waals surface area (Å²) in [7, 11) is 0. The van der Waals surface area contributed by atoms with Gasteiger partial charge in [-0.3, -0.25) is 0 Å². The van der Waals surface area contributed by atoms with Crippen molar-refractivity contribution in [2.45, 2.75) is 31.3 Å². The number of ether oxygens (including phenoxy) is 2. The zero-order valence-corrected chi connectivity index (χ0v) is 21.5. The van der Waals surface area contributed by atoms with Crippen molar-refractivity contribution in [2.24, 2.45) is 0 Å². The van der Waals surface area contributed by atoms with Crippen molar-refractivity contribution in [3.63, 3.8) is 0 Å². The van der Waals surface area contributed by atoms with Crippen LogP contribution >= 0.6 is 12.4 Å². The van der Waals surface area contributed by atoms with Crippen LogP contribution in [0.25, 0.3) is 10.8 Å². The lowest BCUT2D eigenvalue weighted by atomic mass is 9.83. The third kappa shape index (κ3) is 6.62. The highest BCUT2D eigenvalue weighted by Gasteiger charge is 2.29. The molecule has 192 valence electrons. The van der Waals surface area contributed by atoms with E-state index >= 15 is 0 Å². The maximum atomic E-state index is 10.8. The van der Waals surface area contributed by atoms with Crippen LogP contribution in [0.5, 0.6) is 11.5 Å². The highest BCUT2D eigenvalue weighted by Crippen LogP contribution is 2.41. The first-order valence-electron chi connectivity index (χ1n) is 12.5. The zero-order chi connectivity index (χ0) is 24.7. The Balaban J connectivity index is 0.00000320. The van der Waals surface area contributed by atoms with Gasteiger partial charge in [0.25, 0.3) is 0 Å². The van der Waals surface area contributed by atoms with E-state index in [0.717, 1.165) is 38.1 Å². The molecule has 0 fully saturated rings. The highest BCUT2D eigenvalue weighted by molar-refractivity contribution is 5.86. The quantitative estimate of drug-likeness (QED) is 0.244. The second-order valence-corrected chi connectivity index (χ2v) is 9.24. The van der Waals surface area contributed by atoms with Crippen molar-refractivity contribution >= 4 is 29.1 Å². The molecule has 0 aromatic heterocycles. The van der Waals surface area contributed by atoms with E-state index in [1.54, 1.807) is 0 Å². The van der Waals surface area contributed by atoms with E-state index in [9.17, 15) is 4.79 Å². The molecule has 0 bridgehead atoms. The van der Waals surface area contributed by atoms with Crippen LogP contribution in [0.3, 0.4) is 0 Å². The van der Waals surface area contributed by atoms with Gasteiger partial charge in [0.1, 0.15) is 17.6 Å². The number of hydrogen-bond acceptors (Lipinski definition) is 4. The Kier molecular flexibility index (Phi) is 9.04. The van der Waals surface area contributed by atoms with Crippen LogP contribution in [-0.4, -0.2) is 36.9 Å². The SMILES string of the molecule is Cl.O=C(O)COc1ccc(C2CC(CCNCCc3cccc4ccccc34)Oc3ccccc32)cc1. The minimum Gasteiger partial charge on any atom is -0.490 e. The van der Waals surface area contributed by atoms with E-state index < -0.39 is 5.97 Å². The predicted octanol–water partition coefficient (Wildman–Crippen LogP) is 6.23. The van der Waals surface area contributed by atoms with Gasteiger partial charge >= 0.3 is 5.97 Å². The van der Waals surface area contributed by atoms with E-state index in [1.807, 2.05) is 36.4 Å². The fourth-order valence-corrected chi connectivity index (χ4v) is 5.05. The fraction of sp³-hybridized carbons (Fsp3) is 0.258. The minimum absolute atomic E-state index is 0. The van der Waals surface area contributed by atoms with Crippen molar-refractivity contribution in [3.8, 4) is 11.5 Å². The summed E-state index contributed by atoms with van der Waals surface area (Å²) in [5.41, 5.74) is 3.75. The molecule has 1 aliphatic rings. The standard InChI is InChI=1S/C31H31NO4.ClH/c33-31(34)21-35-25-14-12-24(13-15-25)29-20-26(36-30-11-4-3-10-28(29)30)17-19-32-18-16-23-8-5-7-22-6-1-2-9-27(22)23;/h1-15,26,29,32H,16-21H2,(H,33,34);1H. The molecule has 4 aromatic carbocycles. The normalized spacial score (nSPS) is 16.3. The van der Waals surface area contributed by atoms with Crippen LogP contribution in [0.1, 0.15) is 35.4 Å². The first kappa shape index (κ1) is 26.5. The smallest absolute Gasteiger partial charge is 0.341 e. The van der Waals surface area contributed by atoms with E-state index in [0.29, 0.717) is 5.75 Å². The molecule has 0 spiro atoms. The van der Waals surface area contributed by atoms with Crippen LogP contribution < -0.4 is 14.8 Å². The minimum atomic E-state index is -0.981. The molecular formula is C31H32ClNO4. The van der Waals surface area contributed by atoms with Crippen LogP contribution in [0.15, 0.2) is 91.0 Å². The van der Waals surface area contributed by atoms with Crippen molar-refractivity contribution in [2.75, 3.05) is 19.7 Å². The van der Waals surface area contributed by atoms with Crippen molar-refractivity contribution in [1.82, 2.24) is 5.32 Å². The molecule has 37 heavy (non-hydrogen) atoms. The molecular weight excluding hydrogens is 486 g/mol. The number of fused-ring (bicyclic) bond motifs is 2. The Hall–Kier alpha value is -3.54. The molecule has 1 aliphatic heterocycles. The summed E-state index contributed by atoms with van der Waals surface area (Å²) in [5, 5.41) is 15.1. The first-order valence-corrected chi connectivity index (χ1v) is 12.5. The molecule has 0 saturated heterocycles. The van der Waals surface area contributed by atoms with Gasteiger partial charge in [-0.25, -0.2) is 4.79 Å². The third-order valence-corrected chi connectivity index (χ3v) is 6.83. The van der Waals surface area contributed by atoms with Crippen molar-refractivity contribution < 1.29 is 19.4 Å². The number of rotatable bonds is 10. The molecule has 1 heterocycles. The van der Waals surface area contributed by atoms with Gasteiger partial charge in [0.15, 0.2) is 6.61 Å². The second kappa shape index (κ2) is 12.6. The number of benzene rings is 4. The maximum absolute atomic E-state index is 10.8. The number of hydrogen-bond donors (Lipinski definition) is 2. The number of carboxylic acids is 1. The monoisotopic (exact) mass is 517 g/mol. The summed E-state index contributed by atoms with van der Waals surface area (Å²) in [6.07, 6.45) is 2.95. The molecule has 0 aliphatic carbocycles. The number of aliphatic carboxylic acids is 1. The zero-order valence-electron chi connectivity index (χ0n) is 20.6. The van der Waals surface area contributed by atoms with E-state index in [-0.39, 0.29) is 31.0 Å². The molecule has 5 rings (SSSR count). The van der Waals surface area contributed by atoms with Gasteiger partial charge in [0, 0.05) is 11.5 Å². The largest absolute Gasteiger partial charge is 0.490 e. The van der Waals surface area contributed by atoms with Crippen molar-refractivity contribution in [3.05, 3.63) is 108 Å². The van der Waals surface area contributed by atoms with Gasteiger partial charge in [0.2, 0.25) is 0 Å². The average molecular weight is 518 g/mol. The highest BCUT2D eigenvalue weighted by atomic mass is 35.5. The lowest BCUT2D eigenvalue weighted by Gasteiger charge is -2.33. The first-order chi connectivity index (χ1) is 17.7. The van der Waals surface area contributed by atoms with Gasteiger partial charge in [-0.05, 0) is 72.5 Å². The Morgan fingerprint density at radius 1 is 0.919 bits per heavy atom. The Morgan fingerprint density at radius 2 is 1.68 bits per heavy atom. The van der Waals surface area contributed by atoms with Gasteiger partial charge in [0.05, 0.1) is 0 Å². The number of halogens is 1. The van der Waals surface area contributed by atoms with Crippen LogP contribution in [0.4, 0.5) is 0 Å². The summed E-state index contributed by atoms with van der Waals surface area (Å²) in [6.45, 7) is 1.49. The Bertz CT molecular complexity index is 1320. The second-order valence-electron chi connectivity index (χ2n) is 9.24. The van der Waals surface area contributed by atoms with Crippen LogP contribution in [-0.2, 0) is 11.2 Å². The number of para-hydroxylation sites is 1. The summed E-state index contributed by atoms with van der Waals surface area (Å²) < 4.78 is 11.7. The van der Waals surface area contributed by atoms with Gasteiger partial charge in [-0.15, -0.1) is 12.4 Å². The molecule has 0 radical (unpaired) electrons. The van der Waals surface area contributed by atoms with Gasteiger partial charge in [-0.1, -0.05) is 72.8 Å². The number of nitrogens with one attached hydrogen (secondary N) is 1.